The van der Waals surface area contributed by atoms with Crippen LogP contribution in [0.1, 0.15) is 34.0 Å². The van der Waals surface area contributed by atoms with Crippen LogP contribution in [0.3, 0.4) is 0 Å². The van der Waals surface area contributed by atoms with Crippen molar-refractivity contribution >= 4 is 69.8 Å². The summed E-state index contributed by atoms with van der Waals surface area (Å²) in [6.07, 6.45) is -3.49. The van der Waals surface area contributed by atoms with Crippen molar-refractivity contribution in [3.63, 3.8) is 0 Å². The van der Waals surface area contributed by atoms with Crippen LogP contribution in [0, 0.1) is 12.7 Å². The highest BCUT2D eigenvalue weighted by Gasteiger charge is 2.31. The zero-order valence-electron chi connectivity index (χ0n) is 26.6. The number of alkyl halides is 6. The first kappa shape index (κ1) is 40.4. The van der Waals surface area contributed by atoms with Gasteiger partial charge in [-0.3, -0.25) is 14.5 Å². The molecule has 0 atom stereocenters. The Labute approximate surface area is 296 Å². The van der Waals surface area contributed by atoms with Gasteiger partial charge in [0.2, 0.25) is 6.41 Å². The number of anilines is 2. The van der Waals surface area contributed by atoms with Gasteiger partial charge < -0.3 is 26.3 Å². The second-order valence-corrected chi connectivity index (χ2v) is 12.0. The Morgan fingerprint density at radius 1 is 1.00 bits per heavy atom. The molecule has 51 heavy (non-hydrogen) atoms. The minimum absolute atomic E-state index is 0.0729. The van der Waals surface area contributed by atoms with Gasteiger partial charge in [0.05, 0.1) is 18.0 Å². The summed E-state index contributed by atoms with van der Waals surface area (Å²) >= 11 is 5.90. The van der Waals surface area contributed by atoms with E-state index in [1.165, 1.54) is 6.07 Å². The van der Waals surface area contributed by atoms with Gasteiger partial charge in [0.15, 0.2) is 5.17 Å². The number of amides is 4. The maximum absolute atomic E-state index is 15.1. The number of hydrogen-bond acceptors (Lipinski definition) is 7. The third-order valence-corrected chi connectivity index (χ3v) is 7.16. The summed E-state index contributed by atoms with van der Waals surface area (Å²) in [6, 6.07) is 11.1. The number of aryl methyl sites for hydroxylation is 1. The molecule has 0 aliphatic heterocycles. The molecule has 0 saturated carbocycles. The first-order chi connectivity index (χ1) is 23.9. The summed E-state index contributed by atoms with van der Waals surface area (Å²) < 4.78 is 87.0. The van der Waals surface area contributed by atoms with E-state index >= 15 is 4.39 Å². The van der Waals surface area contributed by atoms with E-state index in [-0.39, 0.29) is 40.0 Å². The standard InChI is InChI=1S/C32H29ClF6N6O5S/c1-3-51-30(45(17-46)26-12-18(2)4-5-21(26)15-49-16-31(33,35)36)44-29(48)42-25-11-8-20(13-23(25)34)24(40)14-27(41)43-28(47)19-6-9-22(10-7-19)50-32(37,38)39/h4-14,17H,3,15-16,40H2,1-2H3,(H,42,48)(H2,41,43,47)/b24-14-,44-30-. The highest BCUT2D eigenvalue weighted by Crippen LogP contribution is 2.28. The van der Waals surface area contributed by atoms with Crippen molar-refractivity contribution in [3.8, 4) is 5.75 Å². The number of amidine groups is 2. The molecule has 0 saturated heterocycles. The quantitative estimate of drug-likeness (QED) is 0.0576. The minimum atomic E-state index is -4.91. The van der Waals surface area contributed by atoms with Gasteiger partial charge in [-0.05, 0) is 72.3 Å². The van der Waals surface area contributed by atoms with Crippen LogP contribution in [-0.4, -0.2) is 53.5 Å². The number of rotatable bonds is 12. The number of hydrogen-bond donors (Lipinski definition) is 3. The van der Waals surface area contributed by atoms with Gasteiger partial charge in [-0.2, -0.15) is 18.8 Å². The Morgan fingerprint density at radius 2 is 1.67 bits per heavy atom. The molecule has 0 spiro atoms. The summed E-state index contributed by atoms with van der Waals surface area (Å²) in [4.78, 5) is 46.1. The highest BCUT2D eigenvalue weighted by atomic mass is 35.5. The van der Waals surface area contributed by atoms with Gasteiger partial charge in [0.25, 0.3) is 5.91 Å². The van der Waals surface area contributed by atoms with Crippen LogP contribution in [0.5, 0.6) is 5.75 Å². The van der Waals surface area contributed by atoms with E-state index in [4.69, 9.17) is 27.8 Å². The molecule has 3 rings (SSSR count). The maximum atomic E-state index is 15.1. The van der Waals surface area contributed by atoms with E-state index in [2.05, 4.69) is 20.0 Å². The van der Waals surface area contributed by atoms with Gasteiger partial charge in [-0.1, -0.05) is 36.9 Å². The fraction of sp³-hybridized carbons (Fsp3) is 0.219. The molecule has 0 aromatic heterocycles. The lowest BCUT2D eigenvalue weighted by molar-refractivity contribution is -0.274. The smallest absolute Gasteiger partial charge is 0.406 e. The monoisotopic (exact) mass is 758 g/mol. The van der Waals surface area contributed by atoms with E-state index in [0.717, 1.165) is 59.1 Å². The average molecular weight is 759 g/mol. The highest BCUT2D eigenvalue weighted by molar-refractivity contribution is 8.14. The molecule has 3 aromatic carbocycles. The number of nitrogens with zero attached hydrogens (tertiary/aromatic N) is 3. The predicted octanol–water partition coefficient (Wildman–Crippen LogP) is 7.18. The molecule has 5 N–H and O–H groups in total. The number of ether oxygens (including phenoxy) is 2. The van der Waals surface area contributed by atoms with Crippen LogP contribution in [-0.2, 0) is 16.1 Å². The van der Waals surface area contributed by atoms with E-state index < -0.39 is 47.7 Å². The fourth-order valence-corrected chi connectivity index (χ4v) is 4.83. The Balaban J connectivity index is 1.77. The zero-order chi connectivity index (χ0) is 37.9. The van der Waals surface area contributed by atoms with Crippen LogP contribution >= 0.6 is 23.4 Å². The van der Waals surface area contributed by atoms with E-state index in [1.807, 2.05) is 0 Å². The normalized spacial score (nSPS) is 12.8. The Morgan fingerprint density at radius 3 is 2.25 bits per heavy atom. The van der Waals surface area contributed by atoms with Gasteiger partial charge >= 0.3 is 17.8 Å². The summed E-state index contributed by atoms with van der Waals surface area (Å²) in [7, 11) is 0. The lowest BCUT2D eigenvalue weighted by atomic mass is 10.1. The van der Waals surface area contributed by atoms with Gasteiger partial charge in [0, 0.05) is 28.5 Å². The fourth-order valence-electron chi connectivity index (χ4n) is 4.07. The van der Waals surface area contributed by atoms with E-state index in [0.29, 0.717) is 23.3 Å². The first-order valence-electron chi connectivity index (χ1n) is 14.4. The topological polar surface area (TPSA) is 162 Å². The molecule has 0 unspecified atom stereocenters. The molecule has 272 valence electrons. The first-order valence-corrected chi connectivity index (χ1v) is 15.8. The largest absolute Gasteiger partial charge is 0.573 e. The molecular weight excluding hydrogens is 730 g/mol. The van der Waals surface area contributed by atoms with Gasteiger partial charge in [0.1, 0.15) is 24.0 Å². The van der Waals surface area contributed by atoms with Crippen molar-refractivity contribution in [1.29, 1.82) is 0 Å². The molecule has 19 heteroatoms. The Bertz CT molecular complexity index is 1830. The Hall–Kier alpha value is -5.07. The Kier molecular flexibility index (Phi) is 14.0. The molecule has 0 bridgehead atoms. The van der Waals surface area contributed by atoms with Gasteiger partial charge in [-0.15, -0.1) is 13.2 Å². The van der Waals surface area contributed by atoms with E-state index in [9.17, 15) is 36.3 Å². The summed E-state index contributed by atoms with van der Waals surface area (Å²) in [6.45, 7) is 2.01. The SMILES string of the molecule is CCS/C(=N\C(=O)Nc1ccc(/C(N)=C/C(N)=NC(=O)c2ccc(OC(F)(F)F)cc2)cc1F)N(C=O)c1cc(C)ccc1COCC(F)(F)Cl. The van der Waals surface area contributed by atoms with Crippen LogP contribution in [0.15, 0.2) is 76.7 Å². The summed E-state index contributed by atoms with van der Waals surface area (Å²) in [5.41, 5.74) is 12.5. The number of nitrogens with one attached hydrogen (secondary N) is 1. The number of nitrogens with two attached hydrogens (primary N) is 2. The molecule has 11 nitrogen and oxygen atoms in total. The van der Waals surface area contributed by atoms with Crippen molar-refractivity contribution in [3.05, 3.63) is 94.8 Å². The maximum Gasteiger partial charge on any atom is 0.573 e. The minimum Gasteiger partial charge on any atom is -0.406 e. The van der Waals surface area contributed by atoms with Crippen LogP contribution in [0.4, 0.5) is 42.5 Å². The lowest BCUT2D eigenvalue weighted by Gasteiger charge is -2.22. The molecule has 0 aliphatic carbocycles. The third-order valence-electron chi connectivity index (χ3n) is 6.22. The average Bonchev–Trinajstić information content (AvgIpc) is 3.02. The second kappa shape index (κ2) is 17.7. The predicted molar refractivity (Wildman–Crippen MR) is 182 cm³/mol. The van der Waals surface area contributed by atoms with Crippen molar-refractivity contribution in [2.75, 3.05) is 22.6 Å². The van der Waals surface area contributed by atoms with Crippen molar-refractivity contribution in [2.45, 2.75) is 32.2 Å². The van der Waals surface area contributed by atoms with Crippen molar-refractivity contribution in [1.82, 2.24) is 0 Å². The van der Waals surface area contributed by atoms with Crippen LogP contribution in [0.25, 0.3) is 5.70 Å². The van der Waals surface area contributed by atoms with Crippen LogP contribution in [0.2, 0.25) is 0 Å². The molecule has 4 amide bonds. The van der Waals surface area contributed by atoms with E-state index in [1.54, 1.807) is 32.0 Å². The number of carbonyl (C=O) groups is 3. The molecule has 3 aromatic rings. The van der Waals surface area contributed by atoms with Gasteiger partial charge in [-0.25, -0.2) is 9.18 Å². The van der Waals surface area contributed by atoms with Crippen LogP contribution < -0.4 is 26.4 Å². The summed E-state index contributed by atoms with van der Waals surface area (Å²) in [5.74, 6) is -2.46. The lowest BCUT2D eigenvalue weighted by Crippen LogP contribution is -2.30. The number of benzene rings is 3. The summed E-state index contributed by atoms with van der Waals surface area (Å²) in [5, 5.41) is -1.45. The molecule has 0 aliphatic rings. The molecule has 0 heterocycles. The molecular formula is C32H29ClF6N6O5S. The second-order valence-electron chi connectivity index (χ2n) is 10.2. The number of thioether (sulfide) groups is 1. The number of aliphatic imine (C=N–C) groups is 2. The molecule has 0 radical (unpaired) electrons. The van der Waals surface area contributed by atoms with Crippen molar-refractivity contribution < 1.29 is 50.2 Å². The van der Waals surface area contributed by atoms with Crippen molar-refractivity contribution in [2.24, 2.45) is 21.5 Å². The molecule has 0 fully saturated rings. The number of carbonyl (C=O) groups excluding carboxylic acids is 3. The zero-order valence-corrected chi connectivity index (χ0v) is 28.2. The third kappa shape index (κ3) is 13.0. The number of urea groups is 1. The number of halogens is 7.